The van der Waals surface area contributed by atoms with Gasteiger partial charge in [-0.15, -0.1) is 10.1 Å². The Bertz CT molecular complexity index is 868. The summed E-state index contributed by atoms with van der Waals surface area (Å²) in [6.07, 6.45) is 1.03. The van der Waals surface area contributed by atoms with Crippen molar-refractivity contribution in [1.29, 1.82) is 0 Å². The maximum atomic E-state index is 12.5. The van der Waals surface area contributed by atoms with Crippen LogP contribution < -0.4 is 0 Å². The lowest BCUT2D eigenvalue weighted by Crippen LogP contribution is -2.56. The molecule has 0 heterocycles. The smallest absolute Gasteiger partial charge is 0.316 e. The van der Waals surface area contributed by atoms with Gasteiger partial charge in [0.1, 0.15) is 30.5 Å². The van der Waals surface area contributed by atoms with Crippen LogP contribution in [0.3, 0.4) is 0 Å². The zero-order chi connectivity index (χ0) is 22.4. The van der Waals surface area contributed by atoms with Crippen molar-refractivity contribution >= 4 is 11.8 Å². The van der Waals surface area contributed by atoms with E-state index >= 15 is 0 Å². The molecule has 9 nitrogen and oxygen atoms in total. The molecule has 3 saturated carbocycles. The predicted octanol–water partition coefficient (Wildman–Crippen LogP) is 2.85. The fraction of sp³-hybridized carbons (Fsp3) is 0.619. The summed E-state index contributed by atoms with van der Waals surface area (Å²) < 4.78 is 5.03. The van der Waals surface area contributed by atoms with Gasteiger partial charge in [0, 0.05) is 23.8 Å². The maximum absolute atomic E-state index is 12.5. The average Bonchev–Trinajstić information content (AvgIpc) is 2.63. The molecule has 2 bridgehead atoms. The van der Waals surface area contributed by atoms with Crippen molar-refractivity contribution in [3.63, 3.8) is 0 Å². The summed E-state index contributed by atoms with van der Waals surface area (Å²) in [5, 5.41) is 30.6. The van der Waals surface area contributed by atoms with E-state index in [0.29, 0.717) is 11.1 Å². The predicted molar refractivity (Wildman–Crippen MR) is 104 cm³/mol. The minimum absolute atomic E-state index is 0.0373. The SMILES string of the molecule is CC(C)(C(=O)OCCO[N+](=O)[O-])c1cc(O)c([C@H]2CC(=O)[C@H]3C[C@H]2C3(C)C)c(O)c1. The summed E-state index contributed by atoms with van der Waals surface area (Å²) in [7, 11) is 0. The highest BCUT2D eigenvalue weighted by Gasteiger charge is 2.59. The van der Waals surface area contributed by atoms with Gasteiger partial charge in [0.2, 0.25) is 0 Å². The van der Waals surface area contributed by atoms with E-state index in [1.165, 1.54) is 12.1 Å². The molecular weight excluding hydrogens is 394 g/mol. The number of aromatic hydroxyl groups is 2. The van der Waals surface area contributed by atoms with Gasteiger partial charge < -0.3 is 19.8 Å². The number of hydrogen-bond acceptors (Lipinski definition) is 8. The second-order valence-electron chi connectivity index (χ2n) is 9.24. The van der Waals surface area contributed by atoms with E-state index in [9.17, 15) is 29.9 Å². The van der Waals surface area contributed by atoms with Crippen LogP contribution in [0.1, 0.15) is 57.6 Å². The summed E-state index contributed by atoms with van der Waals surface area (Å²) in [6, 6.07) is 2.82. The molecule has 0 amide bonds. The minimum atomic E-state index is -1.23. The van der Waals surface area contributed by atoms with Gasteiger partial charge in [0.25, 0.3) is 5.09 Å². The lowest BCUT2D eigenvalue weighted by Gasteiger charge is -2.59. The zero-order valence-electron chi connectivity index (χ0n) is 17.5. The first-order valence-electron chi connectivity index (χ1n) is 9.91. The number of hydrogen-bond donors (Lipinski definition) is 2. The van der Waals surface area contributed by atoms with Gasteiger partial charge in [-0.05, 0) is 49.3 Å². The molecule has 0 spiro atoms. The van der Waals surface area contributed by atoms with Crippen molar-refractivity contribution < 1.29 is 34.5 Å². The number of carbonyl (C=O) groups is 2. The van der Waals surface area contributed by atoms with Crippen LogP contribution in [-0.4, -0.2) is 40.3 Å². The second-order valence-corrected chi connectivity index (χ2v) is 9.24. The Kier molecular flexibility index (Phi) is 5.43. The highest BCUT2D eigenvalue weighted by atomic mass is 17.0. The number of Topliss-reactive ketones (excluding diaryl/α,β-unsaturated/α-hetero) is 1. The lowest BCUT2D eigenvalue weighted by molar-refractivity contribution is -0.757. The third-order valence-corrected chi connectivity index (χ3v) is 6.89. The summed E-state index contributed by atoms with van der Waals surface area (Å²) in [5.41, 5.74) is -0.737. The van der Waals surface area contributed by atoms with Gasteiger partial charge >= 0.3 is 5.97 Å². The quantitative estimate of drug-likeness (QED) is 0.297. The molecule has 3 atom stereocenters. The first-order chi connectivity index (χ1) is 13.9. The molecule has 2 N–H and O–H groups in total. The van der Waals surface area contributed by atoms with Gasteiger partial charge in [-0.2, -0.15) is 0 Å². The van der Waals surface area contributed by atoms with Crippen LogP contribution in [0.25, 0.3) is 0 Å². The fourth-order valence-electron chi connectivity index (χ4n) is 4.90. The Labute approximate surface area is 174 Å². The normalized spacial score (nSPS) is 24.7. The molecule has 0 radical (unpaired) electrons. The van der Waals surface area contributed by atoms with Crippen LogP contribution in [-0.2, 0) is 24.6 Å². The van der Waals surface area contributed by atoms with Gasteiger partial charge in [0.15, 0.2) is 0 Å². The number of nitrogens with zero attached hydrogens (tertiary/aromatic N) is 1. The number of esters is 1. The number of benzene rings is 1. The van der Waals surface area contributed by atoms with Gasteiger partial charge in [0.05, 0.1) is 5.41 Å². The van der Waals surface area contributed by atoms with E-state index in [1.54, 1.807) is 13.8 Å². The van der Waals surface area contributed by atoms with E-state index in [-0.39, 0.29) is 53.5 Å². The van der Waals surface area contributed by atoms with Gasteiger partial charge in [-0.1, -0.05) is 13.8 Å². The van der Waals surface area contributed by atoms with Crippen molar-refractivity contribution in [1.82, 2.24) is 0 Å². The van der Waals surface area contributed by atoms with Crippen molar-refractivity contribution in [2.45, 2.75) is 51.9 Å². The highest BCUT2D eigenvalue weighted by Crippen LogP contribution is 2.64. The number of carbonyl (C=O) groups excluding carboxylic acids is 2. The average molecular weight is 421 g/mol. The van der Waals surface area contributed by atoms with Gasteiger partial charge in [-0.25, -0.2) is 0 Å². The molecule has 164 valence electrons. The van der Waals surface area contributed by atoms with E-state index in [0.717, 1.165) is 6.42 Å². The molecule has 3 aliphatic rings. The number of rotatable bonds is 7. The first-order valence-corrected chi connectivity index (χ1v) is 9.91. The van der Waals surface area contributed by atoms with E-state index in [1.807, 2.05) is 13.8 Å². The van der Waals surface area contributed by atoms with E-state index in [2.05, 4.69) is 4.84 Å². The number of ketones is 1. The highest BCUT2D eigenvalue weighted by molar-refractivity contribution is 5.86. The molecule has 0 aliphatic heterocycles. The number of fused-ring (bicyclic) bond motifs is 2. The van der Waals surface area contributed by atoms with Crippen LogP contribution in [0.15, 0.2) is 12.1 Å². The van der Waals surface area contributed by atoms with Crippen molar-refractivity contribution in [2.24, 2.45) is 17.3 Å². The molecule has 0 unspecified atom stereocenters. The molecule has 1 aromatic rings. The van der Waals surface area contributed by atoms with Crippen LogP contribution in [0.2, 0.25) is 0 Å². The van der Waals surface area contributed by atoms with Crippen molar-refractivity contribution in [3.05, 3.63) is 33.4 Å². The summed E-state index contributed by atoms with van der Waals surface area (Å²) >= 11 is 0. The first kappa shape index (κ1) is 21.9. The number of ether oxygens (including phenoxy) is 1. The third kappa shape index (κ3) is 3.57. The molecule has 3 fully saturated rings. The Balaban J connectivity index is 1.81. The zero-order valence-corrected chi connectivity index (χ0v) is 17.5. The Morgan fingerprint density at radius 3 is 2.37 bits per heavy atom. The molecule has 1 aromatic carbocycles. The minimum Gasteiger partial charge on any atom is -0.508 e. The molecule has 9 heteroatoms. The summed E-state index contributed by atoms with van der Waals surface area (Å²) in [4.78, 5) is 39.2. The number of phenols is 2. The monoisotopic (exact) mass is 421 g/mol. The van der Waals surface area contributed by atoms with Crippen LogP contribution in [0, 0.1) is 27.4 Å². The van der Waals surface area contributed by atoms with Crippen molar-refractivity contribution in [3.8, 4) is 11.5 Å². The van der Waals surface area contributed by atoms with Crippen molar-refractivity contribution in [2.75, 3.05) is 13.2 Å². The maximum Gasteiger partial charge on any atom is 0.316 e. The van der Waals surface area contributed by atoms with E-state index < -0.39 is 23.1 Å². The molecule has 4 rings (SSSR count). The third-order valence-electron chi connectivity index (χ3n) is 6.89. The molecule has 30 heavy (non-hydrogen) atoms. The Morgan fingerprint density at radius 1 is 1.27 bits per heavy atom. The topological polar surface area (TPSA) is 136 Å². The van der Waals surface area contributed by atoms with Crippen LogP contribution in [0.4, 0.5) is 0 Å². The van der Waals surface area contributed by atoms with Gasteiger partial charge in [-0.3, -0.25) is 9.59 Å². The van der Waals surface area contributed by atoms with Crippen LogP contribution >= 0.6 is 0 Å². The Hall–Kier alpha value is -2.84. The summed E-state index contributed by atoms with van der Waals surface area (Å²) in [6.45, 7) is 6.50. The standard InChI is InChI=1S/C21H27NO8/c1-20(2,19(26)29-5-6-30-22(27)28)11-7-16(24)18(17(25)8-11)12-9-15(23)14-10-13(12)21(14,3)4/h7-8,12-14,24-25H,5-6,9-10H2,1-4H3/t12-,13+,14+/m0/s1. The Morgan fingerprint density at radius 2 is 1.87 bits per heavy atom. The largest absolute Gasteiger partial charge is 0.508 e. The fourth-order valence-corrected chi connectivity index (χ4v) is 4.90. The number of phenolic OH excluding ortho intramolecular Hbond substituents is 2. The molecule has 0 aromatic heterocycles. The van der Waals surface area contributed by atoms with Crippen LogP contribution in [0.5, 0.6) is 11.5 Å². The second kappa shape index (κ2) is 7.45. The molecule has 0 saturated heterocycles. The lowest BCUT2D eigenvalue weighted by atomic mass is 9.44. The summed E-state index contributed by atoms with van der Waals surface area (Å²) in [5.74, 6) is -0.922. The van der Waals surface area contributed by atoms with E-state index in [4.69, 9.17) is 4.74 Å². The molecule has 3 aliphatic carbocycles. The molecular formula is C21H27NO8.